The molecule has 1 aromatic rings. The van der Waals surface area contributed by atoms with Gasteiger partial charge in [0.05, 0.1) is 0 Å². The van der Waals surface area contributed by atoms with Gasteiger partial charge < -0.3 is 0 Å². The Morgan fingerprint density at radius 1 is 1.40 bits per heavy atom. The van der Waals surface area contributed by atoms with Crippen molar-refractivity contribution >= 4 is 23.5 Å². The van der Waals surface area contributed by atoms with Crippen LogP contribution in [0.25, 0.3) is 0 Å². The van der Waals surface area contributed by atoms with E-state index in [1.54, 1.807) is 0 Å². The molecular weight excluding hydrogens is 286 g/mol. The Bertz CT molecular complexity index is 468. The van der Waals surface area contributed by atoms with Crippen molar-refractivity contribution in [3.8, 4) is 0 Å². The molecule has 1 fully saturated rings. The molecule has 1 saturated heterocycles. The summed E-state index contributed by atoms with van der Waals surface area (Å²) in [7, 11) is 0. The van der Waals surface area contributed by atoms with Crippen molar-refractivity contribution in [3.05, 3.63) is 29.6 Å². The molecule has 0 radical (unpaired) electrons. The van der Waals surface area contributed by atoms with Gasteiger partial charge in [-0.25, -0.2) is 0 Å². The third-order valence-corrected chi connectivity index (χ3v) is 8.12. The van der Waals surface area contributed by atoms with Crippen LogP contribution in [0.5, 0.6) is 0 Å². The van der Waals surface area contributed by atoms with Crippen molar-refractivity contribution in [3.63, 3.8) is 0 Å². The molecule has 2 aliphatic rings. The third-order valence-electron chi connectivity index (χ3n) is 4.60. The standard InChI is InChI=1S/C15H23N3S2/c1-9-10(2)20-13(8-19-9)15(18-16)12-6-5-11-4-3-7-17-14(11)12/h3-4,7,9-10,12-13,15,18H,5-6,8,16H2,1-2H3. The predicted octanol–water partition coefficient (Wildman–Crippen LogP) is 2.57. The molecule has 5 atom stereocenters. The number of aromatic nitrogens is 1. The highest BCUT2D eigenvalue weighted by Crippen LogP contribution is 2.42. The first-order valence-electron chi connectivity index (χ1n) is 7.37. The molecule has 2 heterocycles. The number of rotatable bonds is 3. The van der Waals surface area contributed by atoms with E-state index in [4.69, 9.17) is 5.84 Å². The Kier molecular flexibility index (Phi) is 4.60. The Labute approximate surface area is 129 Å². The second-order valence-corrected chi connectivity index (χ2v) is 8.83. The van der Waals surface area contributed by atoms with Crippen LogP contribution in [0.4, 0.5) is 0 Å². The van der Waals surface area contributed by atoms with Crippen LogP contribution in [0, 0.1) is 0 Å². The van der Waals surface area contributed by atoms with Gasteiger partial charge in [-0.2, -0.15) is 23.5 Å². The number of hydrogen-bond acceptors (Lipinski definition) is 5. The Balaban J connectivity index is 1.78. The number of pyridine rings is 1. The van der Waals surface area contributed by atoms with Crippen LogP contribution in [0.3, 0.4) is 0 Å². The third kappa shape index (κ3) is 2.73. The second-order valence-electron chi connectivity index (χ2n) is 5.80. The van der Waals surface area contributed by atoms with Gasteiger partial charge in [0.2, 0.25) is 0 Å². The van der Waals surface area contributed by atoms with E-state index >= 15 is 0 Å². The minimum Gasteiger partial charge on any atom is -0.271 e. The molecule has 5 unspecified atom stereocenters. The summed E-state index contributed by atoms with van der Waals surface area (Å²) in [6, 6.07) is 4.59. The summed E-state index contributed by atoms with van der Waals surface area (Å²) >= 11 is 4.18. The zero-order chi connectivity index (χ0) is 14.1. The fourth-order valence-electron chi connectivity index (χ4n) is 3.27. The van der Waals surface area contributed by atoms with Crippen LogP contribution in [0.2, 0.25) is 0 Å². The average Bonchev–Trinajstić information content (AvgIpc) is 2.88. The van der Waals surface area contributed by atoms with Crippen LogP contribution in [-0.2, 0) is 6.42 Å². The van der Waals surface area contributed by atoms with Crippen LogP contribution < -0.4 is 11.3 Å². The van der Waals surface area contributed by atoms with Gasteiger partial charge in [0.1, 0.15) is 0 Å². The van der Waals surface area contributed by atoms with Crippen molar-refractivity contribution in [2.75, 3.05) is 5.75 Å². The zero-order valence-electron chi connectivity index (χ0n) is 12.1. The van der Waals surface area contributed by atoms with Crippen molar-refractivity contribution in [1.29, 1.82) is 0 Å². The maximum atomic E-state index is 5.92. The molecule has 3 N–H and O–H groups in total. The number of nitrogens with one attached hydrogen (secondary N) is 1. The van der Waals surface area contributed by atoms with Gasteiger partial charge in [0.25, 0.3) is 0 Å². The van der Waals surface area contributed by atoms with Gasteiger partial charge >= 0.3 is 0 Å². The fraction of sp³-hybridized carbons (Fsp3) is 0.667. The lowest BCUT2D eigenvalue weighted by Gasteiger charge is -2.38. The molecule has 5 heteroatoms. The first-order valence-corrected chi connectivity index (χ1v) is 9.37. The van der Waals surface area contributed by atoms with E-state index in [2.05, 4.69) is 53.8 Å². The van der Waals surface area contributed by atoms with E-state index in [0.29, 0.717) is 22.5 Å². The van der Waals surface area contributed by atoms with Crippen LogP contribution >= 0.6 is 23.5 Å². The summed E-state index contributed by atoms with van der Waals surface area (Å²) < 4.78 is 0. The number of hydrogen-bond donors (Lipinski definition) is 2. The molecule has 0 saturated carbocycles. The molecule has 0 bridgehead atoms. The summed E-state index contributed by atoms with van der Waals surface area (Å²) in [5, 5.41) is 2.01. The number of thioether (sulfide) groups is 2. The van der Waals surface area contributed by atoms with Gasteiger partial charge in [0.15, 0.2) is 0 Å². The van der Waals surface area contributed by atoms with Crippen LogP contribution in [0.15, 0.2) is 18.3 Å². The SMILES string of the molecule is CC1SCC(C(NN)C2CCc3cccnc32)SC1C. The molecule has 0 spiro atoms. The van der Waals surface area contributed by atoms with E-state index in [-0.39, 0.29) is 0 Å². The minimum atomic E-state index is 0.332. The molecule has 20 heavy (non-hydrogen) atoms. The normalized spacial score (nSPS) is 34.8. The highest BCUT2D eigenvalue weighted by atomic mass is 32.2. The fourth-order valence-corrected chi connectivity index (χ4v) is 6.43. The number of nitrogens with two attached hydrogens (primary N) is 1. The van der Waals surface area contributed by atoms with Crippen LogP contribution in [-0.4, -0.2) is 32.5 Å². The second kappa shape index (κ2) is 6.26. The van der Waals surface area contributed by atoms with E-state index in [0.717, 1.165) is 11.7 Å². The van der Waals surface area contributed by atoms with Gasteiger partial charge in [-0.3, -0.25) is 16.3 Å². The maximum Gasteiger partial charge on any atom is 0.0483 e. The zero-order valence-corrected chi connectivity index (χ0v) is 13.7. The largest absolute Gasteiger partial charge is 0.271 e. The summed E-state index contributed by atoms with van der Waals surface area (Å²) in [4.78, 5) is 4.63. The van der Waals surface area contributed by atoms with Gasteiger partial charge in [-0.05, 0) is 24.5 Å². The maximum absolute atomic E-state index is 5.92. The van der Waals surface area contributed by atoms with Crippen molar-refractivity contribution in [2.24, 2.45) is 5.84 Å². The molecule has 1 aromatic heterocycles. The van der Waals surface area contributed by atoms with Gasteiger partial charge in [-0.1, -0.05) is 19.9 Å². The van der Waals surface area contributed by atoms with Crippen molar-refractivity contribution < 1.29 is 0 Å². The molecule has 0 aromatic carbocycles. The number of hydrazine groups is 1. The summed E-state index contributed by atoms with van der Waals surface area (Å²) in [5.74, 6) is 7.57. The van der Waals surface area contributed by atoms with E-state index < -0.39 is 0 Å². The Morgan fingerprint density at radius 3 is 3.00 bits per heavy atom. The monoisotopic (exact) mass is 309 g/mol. The lowest BCUT2D eigenvalue weighted by Crippen LogP contribution is -2.49. The molecular formula is C15H23N3S2. The lowest BCUT2D eigenvalue weighted by atomic mass is 9.95. The van der Waals surface area contributed by atoms with E-state index in [1.807, 2.05) is 12.3 Å². The topological polar surface area (TPSA) is 50.9 Å². The molecule has 3 nitrogen and oxygen atoms in total. The summed E-state index contributed by atoms with van der Waals surface area (Å²) in [6.45, 7) is 4.67. The number of fused-ring (bicyclic) bond motifs is 1. The molecule has 1 aliphatic heterocycles. The van der Waals surface area contributed by atoms with Gasteiger partial charge in [0, 0.05) is 45.4 Å². The highest BCUT2D eigenvalue weighted by molar-refractivity contribution is 8.07. The Hall–Kier alpha value is -0.230. The number of aryl methyl sites for hydroxylation is 1. The number of nitrogens with zero attached hydrogens (tertiary/aromatic N) is 1. The van der Waals surface area contributed by atoms with E-state index in [1.165, 1.54) is 23.4 Å². The van der Waals surface area contributed by atoms with E-state index in [9.17, 15) is 0 Å². The first kappa shape index (κ1) is 14.7. The average molecular weight is 310 g/mol. The smallest absolute Gasteiger partial charge is 0.0483 e. The quantitative estimate of drug-likeness (QED) is 0.664. The Morgan fingerprint density at radius 2 is 2.25 bits per heavy atom. The lowest BCUT2D eigenvalue weighted by molar-refractivity contribution is 0.429. The van der Waals surface area contributed by atoms with Crippen molar-refractivity contribution in [2.45, 2.75) is 54.4 Å². The molecule has 110 valence electrons. The summed E-state index contributed by atoms with van der Waals surface area (Å²) in [5.41, 5.74) is 5.80. The highest BCUT2D eigenvalue weighted by Gasteiger charge is 2.38. The predicted molar refractivity (Wildman–Crippen MR) is 89.2 cm³/mol. The van der Waals surface area contributed by atoms with Gasteiger partial charge in [-0.15, -0.1) is 0 Å². The molecule has 3 rings (SSSR count). The van der Waals surface area contributed by atoms with Crippen molar-refractivity contribution in [1.82, 2.24) is 10.4 Å². The minimum absolute atomic E-state index is 0.332. The molecule has 0 amide bonds. The van der Waals surface area contributed by atoms with Crippen LogP contribution in [0.1, 0.15) is 37.4 Å². The molecule has 1 aliphatic carbocycles. The first-order chi connectivity index (χ1) is 9.70. The summed E-state index contributed by atoms with van der Waals surface area (Å²) in [6.07, 6.45) is 4.23.